The lowest BCUT2D eigenvalue weighted by molar-refractivity contribution is -0.167. The number of carbonyl (C=O) groups excluding carboxylic acids is 3. The molecule has 0 fully saturated rings. The predicted molar refractivity (Wildman–Crippen MR) is 138 cm³/mol. The van der Waals surface area contributed by atoms with Crippen molar-refractivity contribution < 1.29 is 29.0 Å². The largest absolute Gasteiger partial charge is 0.480 e. The van der Waals surface area contributed by atoms with E-state index < -0.39 is 35.1 Å². The minimum Gasteiger partial charge on any atom is -0.480 e. The first kappa shape index (κ1) is 29.3. The van der Waals surface area contributed by atoms with Crippen molar-refractivity contribution >= 4 is 35.1 Å². The van der Waals surface area contributed by atoms with Crippen LogP contribution >= 0.6 is 11.6 Å². The third kappa shape index (κ3) is 6.83. The SMILES string of the molecule is CC[C@H](C)/C=C(C)/C=C/C1=CC2=C(Cl)C(=O)[C@@](C)(OC(C)=O)C(=O)C2=CN1CCCC[C@@H](N)C(=O)O. The normalized spacial score (nSPS) is 22.3. The maximum Gasteiger partial charge on any atom is 0.320 e. The molecule has 0 aromatic carbocycles. The van der Waals surface area contributed by atoms with Crippen molar-refractivity contribution in [3.8, 4) is 0 Å². The van der Waals surface area contributed by atoms with Crippen LogP contribution in [0.2, 0.25) is 0 Å². The van der Waals surface area contributed by atoms with Gasteiger partial charge in [-0.3, -0.25) is 19.2 Å². The maximum absolute atomic E-state index is 13.3. The van der Waals surface area contributed by atoms with Gasteiger partial charge in [0.25, 0.3) is 0 Å². The molecule has 0 unspecified atom stereocenters. The van der Waals surface area contributed by atoms with Crippen molar-refractivity contribution in [1.29, 1.82) is 0 Å². The Balaban J connectivity index is 2.44. The number of unbranched alkanes of at least 4 members (excludes halogenated alkanes) is 1. The van der Waals surface area contributed by atoms with Crippen LogP contribution in [-0.2, 0) is 23.9 Å². The zero-order valence-corrected chi connectivity index (χ0v) is 22.2. The third-order valence-corrected chi connectivity index (χ3v) is 6.66. The number of nitrogens with zero attached hydrogens (tertiary/aromatic N) is 1. The molecule has 0 amide bonds. The highest BCUT2D eigenvalue weighted by molar-refractivity contribution is 6.49. The van der Waals surface area contributed by atoms with Gasteiger partial charge in [0.1, 0.15) is 6.04 Å². The summed E-state index contributed by atoms with van der Waals surface area (Å²) in [5.41, 5.74) is 5.80. The Kier molecular flexibility index (Phi) is 10.0. The van der Waals surface area contributed by atoms with Crippen molar-refractivity contribution in [3.05, 3.63) is 58.0 Å². The van der Waals surface area contributed by atoms with Crippen molar-refractivity contribution in [2.75, 3.05) is 6.54 Å². The first-order valence-electron chi connectivity index (χ1n) is 12.1. The number of hydrogen-bond acceptors (Lipinski definition) is 7. The van der Waals surface area contributed by atoms with E-state index >= 15 is 0 Å². The molecule has 8 nitrogen and oxygen atoms in total. The monoisotopic (exact) mass is 518 g/mol. The standard InChI is InChI=1S/C27H35ClN2O6/c1-6-16(2)13-17(3)10-11-19-14-20-21(15-30(19)12-8-7-9-22(29)26(34)35)24(32)27(5,36-18(4)31)25(33)23(20)28/h10-11,13-16,22H,6-9,12,29H2,1-5H3,(H,34,35)/b11-10+,17-13+/t16-,22+,27-/m0/s1. The number of nitrogens with two attached hydrogens (primary N) is 1. The second-order valence-electron chi connectivity index (χ2n) is 9.39. The van der Waals surface area contributed by atoms with E-state index in [9.17, 15) is 19.2 Å². The van der Waals surface area contributed by atoms with Gasteiger partial charge in [-0.1, -0.05) is 49.6 Å². The van der Waals surface area contributed by atoms with Crippen molar-refractivity contribution in [2.45, 2.75) is 71.9 Å². The molecule has 3 N–H and O–H groups in total. The van der Waals surface area contributed by atoms with Gasteiger partial charge in [0.2, 0.25) is 17.2 Å². The van der Waals surface area contributed by atoms with Crippen LogP contribution < -0.4 is 5.73 Å². The molecule has 3 atom stereocenters. The van der Waals surface area contributed by atoms with Crippen LogP contribution in [-0.4, -0.2) is 51.7 Å². The lowest BCUT2D eigenvalue weighted by atomic mass is 9.79. The molecule has 0 aromatic rings. The van der Waals surface area contributed by atoms with Crippen LogP contribution in [0.15, 0.2) is 58.0 Å². The number of aliphatic carboxylic acids is 1. The highest BCUT2D eigenvalue weighted by Gasteiger charge is 2.52. The van der Waals surface area contributed by atoms with Gasteiger partial charge < -0.3 is 20.5 Å². The first-order valence-corrected chi connectivity index (χ1v) is 12.4. The van der Waals surface area contributed by atoms with E-state index in [1.54, 1.807) is 12.3 Å². The predicted octanol–water partition coefficient (Wildman–Crippen LogP) is 4.17. The second kappa shape index (κ2) is 12.3. The molecule has 1 aliphatic carbocycles. The fourth-order valence-electron chi connectivity index (χ4n) is 3.99. The van der Waals surface area contributed by atoms with Crippen molar-refractivity contribution in [3.63, 3.8) is 0 Å². The molecule has 0 saturated heterocycles. The molecule has 196 valence electrons. The lowest BCUT2D eigenvalue weighted by Gasteiger charge is -2.35. The van der Waals surface area contributed by atoms with E-state index in [1.165, 1.54) is 6.92 Å². The van der Waals surface area contributed by atoms with Gasteiger partial charge in [-0.2, -0.15) is 0 Å². The number of allylic oxidation sites excluding steroid dienone is 6. The Morgan fingerprint density at radius 3 is 2.50 bits per heavy atom. The van der Waals surface area contributed by atoms with Crippen LogP contribution in [0.3, 0.4) is 0 Å². The van der Waals surface area contributed by atoms with Gasteiger partial charge in [0, 0.05) is 36.5 Å². The second-order valence-corrected chi connectivity index (χ2v) is 9.77. The minimum atomic E-state index is -2.03. The maximum atomic E-state index is 13.3. The highest BCUT2D eigenvalue weighted by Crippen LogP contribution is 2.39. The summed E-state index contributed by atoms with van der Waals surface area (Å²) in [5, 5.41) is 8.83. The van der Waals surface area contributed by atoms with Crippen LogP contribution in [0.4, 0.5) is 0 Å². The summed E-state index contributed by atoms with van der Waals surface area (Å²) >= 11 is 6.41. The Hall–Kier alpha value is -2.97. The Morgan fingerprint density at radius 1 is 1.25 bits per heavy atom. The first-order chi connectivity index (χ1) is 16.8. The Morgan fingerprint density at radius 2 is 1.92 bits per heavy atom. The van der Waals surface area contributed by atoms with Crippen molar-refractivity contribution in [2.24, 2.45) is 11.7 Å². The molecule has 9 heteroatoms. The fraction of sp³-hybridized carbons (Fsp3) is 0.481. The van der Waals surface area contributed by atoms with E-state index in [0.29, 0.717) is 37.4 Å². The number of halogens is 1. The number of ketones is 2. The van der Waals surface area contributed by atoms with Gasteiger partial charge in [-0.25, -0.2) is 0 Å². The fourth-order valence-corrected chi connectivity index (χ4v) is 4.33. The summed E-state index contributed by atoms with van der Waals surface area (Å²) in [7, 11) is 0. The molecule has 0 bridgehead atoms. The smallest absolute Gasteiger partial charge is 0.320 e. The lowest BCUT2D eigenvalue weighted by Crippen LogP contribution is -2.52. The molecule has 36 heavy (non-hydrogen) atoms. The summed E-state index contributed by atoms with van der Waals surface area (Å²) in [5.74, 6) is -2.81. The molecule has 0 spiro atoms. The van der Waals surface area contributed by atoms with Gasteiger partial charge >= 0.3 is 11.9 Å². The molecular weight excluding hydrogens is 484 g/mol. The van der Waals surface area contributed by atoms with E-state index in [4.69, 9.17) is 27.2 Å². The summed E-state index contributed by atoms with van der Waals surface area (Å²) in [6, 6.07) is -0.934. The third-order valence-electron chi connectivity index (χ3n) is 6.28. The van der Waals surface area contributed by atoms with Crippen LogP contribution in [0.5, 0.6) is 0 Å². The number of fused-ring (bicyclic) bond motifs is 1. The number of carboxylic acids is 1. The Bertz CT molecular complexity index is 1080. The number of esters is 1. The van der Waals surface area contributed by atoms with E-state index in [-0.39, 0.29) is 16.2 Å². The molecule has 1 aliphatic heterocycles. The molecule has 1 heterocycles. The quantitative estimate of drug-likeness (QED) is 0.180. The number of ether oxygens (including phenoxy) is 1. The number of Topliss-reactive ketones (excluding diaryl/α,β-unsaturated/α-hetero) is 2. The van der Waals surface area contributed by atoms with Crippen LogP contribution in [0.1, 0.15) is 60.3 Å². The van der Waals surface area contributed by atoms with E-state index in [1.807, 2.05) is 24.0 Å². The molecule has 0 aromatic heterocycles. The summed E-state index contributed by atoms with van der Waals surface area (Å²) in [6.45, 7) is 9.08. The van der Waals surface area contributed by atoms with Crippen LogP contribution in [0, 0.1) is 5.92 Å². The summed E-state index contributed by atoms with van der Waals surface area (Å²) < 4.78 is 5.13. The van der Waals surface area contributed by atoms with Crippen LogP contribution in [0.25, 0.3) is 0 Å². The summed E-state index contributed by atoms with van der Waals surface area (Å²) in [4.78, 5) is 50.7. The minimum absolute atomic E-state index is 0.172. The Labute approximate surface area is 217 Å². The van der Waals surface area contributed by atoms with E-state index in [0.717, 1.165) is 18.9 Å². The summed E-state index contributed by atoms with van der Waals surface area (Å²) in [6.07, 6.45) is 11.8. The van der Waals surface area contributed by atoms with Crippen molar-refractivity contribution in [1.82, 2.24) is 4.90 Å². The molecule has 0 radical (unpaired) electrons. The van der Waals surface area contributed by atoms with Gasteiger partial charge in [0.05, 0.1) is 5.03 Å². The number of rotatable bonds is 11. The molecule has 0 saturated carbocycles. The van der Waals surface area contributed by atoms with Gasteiger partial charge in [-0.05, 0) is 51.2 Å². The topological polar surface area (TPSA) is 127 Å². The number of carboxylic acid groups (broad SMARTS) is 1. The number of carbonyl (C=O) groups is 4. The molecule has 2 aliphatic rings. The zero-order valence-electron chi connectivity index (χ0n) is 21.5. The van der Waals surface area contributed by atoms with Gasteiger partial charge in [-0.15, -0.1) is 0 Å². The average Bonchev–Trinajstić information content (AvgIpc) is 2.82. The number of hydrogen-bond donors (Lipinski definition) is 2. The highest BCUT2D eigenvalue weighted by atomic mass is 35.5. The van der Waals surface area contributed by atoms with E-state index in [2.05, 4.69) is 19.9 Å². The zero-order chi connectivity index (χ0) is 27.2. The average molecular weight is 519 g/mol. The molecule has 2 rings (SSSR count). The van der Waals surface area contributed by atoms with Gasteiger partial charge in [0.15, 0.2) is 0 Å². The molecular formula is C27H35ClN2O6.